The Labute approximate surface area is 320 Å². The lowest BCUT2D eigenvalue weighted by molar-refractivity contribution is 0.559. The van der Waals surface area contributed by atoms with E-state index in [4.69, 9.17) is 5.73 Å². The summed E-state index contributed by atoms with van der Waals surface area (Å²) in [5.74, 6) is 0. The molecule has 8 heteroatoms. The number of nitrogens with two attached hydrogens (primary N) is 1. The summed E-state index contributed by atoms with van der Waals surface area (Å²) in [6, 6.07) is 23.5. The van der Waals surface area contributed by atoms with E-state index in [1.807, 2.05) is 68.0 Å². The van der Waals surface area contributed by atoms with Crippen LogP contribution in [0.4, 0.5) is 5.00 Å². The minimum atomic E-state index is 0.152. The lowest BCUT2D eigenvalue weighted by Gasteiger charge is -2.08. The molecule has 0 aliphatic rings. The van der Waals surface area contributed by atoms with Gasteiger partial charge in [0, 0.05) is 47.7 Å². The summed E-state index contributed by atoms with van der Waals surface area (Å²) < 4.78 is 8.63. The van der Waals surface area contributed by atoms with E-state index in [2.05, 4.69) is 79.8 Å². The van der Waals surface area contributed by atoms with Gasteiger partial charge in [0.15, 0.2) is 0 Å². The maximum atomic E-state index is 6.64. The second kappa shape index (κ2) is 15.7. The number of unbranched alkanes of at least 4 members (excludes halogenated alkanes) is 9. The molecule has 0 saturated carbocycles. The van der Waals surface area contributed by atoms with Crippen molar-refractivity contribution in [3.8, 4) is 19.5 Å². The van der Waals surface area contributed by atoms with Crippen molar-refractivity contribution >= 4 is 123 Å². The molecule has 1 atom stereocenters. The van der Waals surface area contributed by atoms with E-state index in [-0.39, 0.29) is 6.04 Å². The summed E-state index contributed by atoms with van der Waals surface area (Å²) in [5.41, 5.74) is 6.64. The van der Waals surface area contributed by atoms with E-state index < -0.39 is 0 Å². The molecule has 260 valence electrons. The Bertz CT molecular complexity index is 2360. The van der Waals surface area contributed by atoms with Gasteiger partial charge in [-0.25, -0.2) is 0 Å². The van der Waals surface area contributed by atoms with Crippen LogP contribution < -0.4 is 11.1 Å². The standard InChI is InChI=1S/C42H46N2S6/c1-3-5-7-9-11-13-23-44-36-22-21-33(46-36)35-25-27-16-18-29-40(38(27)48-35)50-41-28-17-15-26-24-34(47-37(26)39(28)49-42(29)41)32-20-19-31(45-32)30(43)14-12-10-8-6-4-2/h15-22,24-25,30,44H,3-14,23,43H2,1-2H3. The molecule has 0 spiro atoms. The van der Waals surface area contributed by atoms with Crippen LogP contribution in [0.5, 0.6) is 0 Å². The van der Waals surface area contributed by atoms with Gasteiger partial charge >= 0.3 is 0 Å². The molecule has 0 bridgehead atoms. The van der Waals surface area contributed by atoms with Crippen LogP contribution in [0, 0.1) is 0 Å². The minimum Gasteiger partial charge on any atom is -0.377 e. The molecular formula is C42H46N2S6. The molecule has 0 saturated heterocycles. The van der Waals surface area contributed by atoms with Crippen LogP contribution in [-0.4, -0.2) is 6.54 Å². The van der Waals surface area contributed by atoms with E-state index in [9.17, 15) is 0 Å². The topological polar surface area (TPSA) is 38.0 Å². The first-order chi connectivity index (χ1) is 24.6. The van der Waals surface area contributed by atoms with Crippen molar-refractivity contribution in [2.45, 2.75) is 96.9 Å². The summed E-state index contributed by atoms with van der Waals surface area (Å²) in [7, 11) is 0. The fourth-order valence-corrected chi connectivity index (χ4v) is 14.7. The van der Waals surface area contributed by atoms with Gasteiger partial charge in [-0.3, -0.25) is 0 Å². The predicted octanol–water partition coefficient (Wildman–Crippen LogP) is 16.3. The second-order valence-electron chi connectivity index (χ2n) is 13.7. The fraction of sp³-hybridized carbons (Fsp3) is 0.381. The van der Waals surface area contributed by atoms with Gasteiger partial charge in [0.05, 0.1) is 33.2 Å². The van der Waals surface area contributed by atoms with Gasteiger partial charge in [-0.15, -0.1) is 68.0 Å². The van der Waals surface area contributed by atoms with Crippen LogP contribution in [0.15, 0.2) is 60.7 Å². The number of thiophene rings is 6. The van der Waals surface area contributed by atoms with Crippen LogP contribution in [0.25, 0.3) is 69.3 Å². The Balaban J connectivity index is 1.02. The third-order valence-electron chi connectivity index (χ3n) is 9.92. The molecule has 8 rings (SSSR count). The van der Waals surface area contributed by atoms with Gasteiger partial charge < -0.3 is 11.1 Å². The Kier molecular flexibility index (Phi) is 10.9. The molecule has 2 nitrogen and oxygen atoms in total. The SMILES string of the molecule is CCCCCCCCNc1ccc(-c2cc3ccc4c(sc5c6ccc7cc(-c8ccc(C(N)CCCCCCC)s8)sc7c6sc45)c3s2)s1. The number of hydrogen-bond acceptors (Lipinski definition) is 8. The highest BCUT2D eigenvalue weighted by atomic mass is 32.1. The summed E-state index contributed by atoms with van der Waals surface area (Å²) in [4.78, 5) is 6.78. The van der Waals surface area contributed by atoms with E-state index >= 15 is 0 Å². The Hall–Kier alpha value is -2.30. The first-order valence-electron chi connectivity index (χ1n) is 18.5. The van der Waals surface area contributed by atoms with Crippen LogP contribution in [0.3, 0.4) is 0 Å². The summed E-state index contributed by atoms with van der Waals surface area (Å²) in [6.07, 6.45) is 15.6. The quantitative estimate of drug-likeness (QED) is 0.0905. The molecule has 50 heavy (non-hydrogen) atoms. The third-order valence-corrected chi connectivity index (χ3v) is 17.8. The van der Waals surface area contributed by atoms with Crippen molar-refractivity contribution in [3.05, 3.63) is 65.5 Å². The Morgan fingerprint density at radius 3 is 1.68 bits per heavy atom. The molecular weight excluding hydrogens is 725 g/mol. The molecule has 0 amide bonds. The van der Waals surface area contributed by atoms with Crippen molar-refractivity contribution in [1.29, 1.82) is 0 Å². The monoisotopic (exact) mass is 770 g/mol. The fourth-order valence-electron chi connectivity index (χ4n) is 7.09. The van der Waals surface area contributed by atoms with Crippen molar-refractivity contribution < 1.29 is 0 Å². The van der Waals surface area contributed by atoms with E-state index in [1.165, 1.54) is 150 Å². The number of anilines is 1. The molecule has 3 N–H and O–H groups in total. The van der Waals surface area contributed by atoms with Crippen molar-refractivity contribution in [2.24, 2.45) is 5.73 Å². The van der Waals surface area contributed by atoms with E-state index in [0.29, 0.717) is 0 Å². The Morgan fingerprint density at radius 1 is 0.500 bits per heavy atom. The zero-order valence-corrected chi connectivity index (χ0v) is 34.0. The minimum absolute atomic E-state index is 0.152. The summed E-state index contributed by atoms with van der Waals surface area (Å²) in [6.45, 7) is 5.63. The van der Waals surface area contributed by atoms with Gasteiger partial charge in [-0.05, 0) is 60.0 Å². The van der Waals surface area contributed by atoms with Gasteiger partial charge in [0.25, 0.3) is 0 Å². The van der Waals surface area contributed by atoms with Crippen molar-refractivity contribution in [3.63, 3.8) is 0 Å². The van der Waals surface area contributed by atoms with Crippen LogP contribution in [0.2, 0.25) is 0 Å². The van der Waals surface area contributed by atoms with Gasteiger partial charge in [0.2, 0.25) is 0 Å². The maximum absolute atomic E-state index is 6.64. The first-order valence-corrected chi connectivity index (χ1v) is 23.4. The highest BCUT2D eigenvalue weighted by Gasteiger charge is 2.19. The van der Waals surface area contributed by atoms with Gasteiger partial charge in [-0.2, -0.15) is 0 Å². The molecule has 0 radical (unpaired) electrons. The second-order valence-corrected chi connectivity index (χ2v) is 20.0. The highest BCUT2D eigenvalue weighted by Crippen LogP contribution is 2.52. The van der Waals surface area contributed by atoms with Crippen LogP contribution >= 0.6 is 68.0 Å². The lowest BCUT2D eigenvalue weighted by atomic mass is 10.1. The Morgan fingerprint density at radius 2 is 1.04 bits per heavy atom. The molecule has 8 aromatic rings. The summed E-state index contributed by atoms with van der Waals surface area (Å²) in [5, 5.41) is 10.5. The molecule has 0 aliphatic heterocycles. The van der Waals surface area contributed by atoms with E-state index in [1.54, 1.807) is 0 Å². The van der Waals surface area contributed by atoms with Crippen molar-refractivity contribution in [1.82, 2.24) is 0 Å². The largest absolute Gasteiger partial charge is 0.377 e. The predicted molar refractivity (Wildman–Crippen MR) is 234 cm³/mol. The van der Waals surface area contributed by atoms with E-state index in [0.717, 1.165) is 13.0 Å². The molecule has 6 heterocycles. The summed E-state index contributed by atoms with van der Waals surface area (Å²) >= 11 is 11.7. The number of benzene rings is 2. The molecule has 2 aromatic carbocycles. The molecule has 6 aromatic heterocycles. The zero-order valence-electron chi connectivity index (χ0n) is 29.1. The average molecular weight is 771 g/mol. The normalized spacial score (nSPS) is 12.9. The zero-order chi connectivity index (χ0) is 34.0. The van der Waals surface area contributed by atoms with Gasteiger partial charge in [-0.1, -0.05) is 102 Å². The number of rotatable bonds is 17. The highest BCUT2D eigenvalue weighted by molar-refractivity contribution is 7.40. The lowest BCUT2D eigenvalue weighted by Crippen LogP contribution is -2.08. The van der Waals surface area contributed by atoms with Gasteiger partial charge in [0.1, 0.15) is 0 Å². The first kappa shape index (κ1) is 34.8. The number of nitrogens with one attached hydrogen (secondary N) is 1. The van der Waals surface area contributed by atoms with Crippen molar-refractivity contribution in [2.75, 3.05) is 11.9 Å². The molecule has 0 aliphatic carbocycles. The number of fused-ring (bicyclic) bond motifs is 9. The number of hydrogen-bond donors (Lipinski definition) is 2. The van der Waals surface area contributed by atoms with Crippen LogP contribution in [0.1, 0.15) is 102 Å². The maximum Gasteiger partial charge on any atom is 0.0889 e. The molecule has 1 unspecified atom stereocenters. The third kappa shape index (κ3) is 7.06. The smallest absolute Gasteiger partial charge is 0.0889 e. The van der Waals surface area contributed by atoms with Crippen LogP contribution in [-0.2, 0) is 0 Å². The molecule has 0 fully saturated rings. The average Bonchev–Trinajstić information content (AvgIpc) is 3.97.